The van der Waals surface area contributed by atoms with Gasteiger partial charge in [0.1, 0.15) is 5.69 Å². The smallest absolute Gasteiger partial charge is 0.274 e. The topological polar surface area (TPSA) is 75.1 Å². The van der Waals surface area contributed by atoms with E-state index in [1.807, 2.05) is 4.90 Å². The molecule has 2 fully saturated rings. The fourth-order valence-electron chi connectivity index (χ4n) is 3.36. The Morgan fingerprint density at radius 2 is 1.70 bits per heavy atom. The molecule has 2 aliphatic rings. The molecule has 0 radical (unpaired) electrons. The number of hydrogen-bond acceptors (Lipinski definition) is 6. The van der Waals surface area contributed by atoms with E-state index in [-0.39, 0.29) is 5.91 Å². The third-order valence-corrected chi connectivity index (χ3v) is 4.45. The van der Waals surface area contributed by atoms with Crippen molar-refractivity contribution in [1.29, 1.82) is 0 Å². The zero-order chi connectivity index (χ0) is 15.8. The van der Waals surface area contributed by atoms with Crippen LogP contribution in [0, 0.1) is 17.7 Å². The number of amides is 1. The molecule has 0 unspecified atom stereocenters. The zero-order valence-corrected chi connectivity index (χ0v) is 12.3. The van der Waals surface area contributed by atoms with Gasteiger partial charge in [-0.2, -0.15) is 0 Å². The summed E-state index contributed by atoms with van der Waals surface area (Å²) in [6.07, 6.45) is 6.93. The van der Waals surface area contributed by atoms with Crippen LogP contribution >= 0.6 is 0 Å². The molecule has 23 heavy (non-hydrogen) atoms. The van der Waals surface area contributed by atoms with Gasteiger partial charge in [-0.25, -0.2) is 19.3 Å². The molecule has 2 atom stereocenters. The van der Waals surface area contributed by atoms with Crippen LogP contribution in [0.15, 0.2) is 31.0 Å². The summed E-state index contributed by atoms with van der Waals surface area (Å²) in [6, 6.07) is 0. The molecule has 118 valence electrons. The molecule has 4 heterocycles. The van der Waals surface area contributed by atoms with Gasteiger partial charge in [-0.05, 0) is 0 Å². The standard InChI is InChI=1S/C15H15FN6O/c16-12-3-19-15(20-4-12)22-8-10-6-21(7-11(10)9-22)14(23)13-5-17-1-2-18-13/h1-5,10-11H,6-9H2/t10-,11+. The quantitative estimate of drug-likeness (QED) is 0.809. The van der Waals surface area contributed by atoms with E-state index in [0.29, 0.717) is 36.6 Å². The van der Waals surface area contributed by atoms with Crippen molar-refractivity contribution in [3.8, 4) is 0 Å². The molecule has 0 saturated carbocycles. The van der Waals surface area contributed by atoms with Crippen molar-refractivity contribution >= 4 is 11.9 Å². The van der Waals surface area contributed by atoms with Gasteiger partial charge >= 0.3 is 0 Å². The largest absolute Gasteiger partial charge is 0.340 e. The molecule has 7 nitrogen and oxygen atoms in total. The number of carbonyl (C=O) groups is 1. The van der Waals surface area contributed by atoms with Crippen molar-refractivity contribution in [1.82, 2.24) is 24.8 Å². The molecule has 2 aliphatic heterocycles. The predicted molar refractivity (Wildman–Crippen MR) is 79.1 cm³/mol. The monoisotopic (exact) mass is 314 g/mol. The summed E-state index contributed by atoms with van der Waals surface area (Å²) in [4.78, 5) is 32.4. The van der Waals surface area contributed by atoms with Crippen LogP contribution in [0.1, 0.15) is 10.5 Å². The Labute approximate surface area is 132 Å². The first-order valence-corrected chi connectivity index (χ1v) is 7.48. The highest BCUT2D eigenvalue weighted by Gasteiger charge is 2.42. The van der Waals surface area contributed by atoms with Crippen molar-refractivity contribution in [2.45, 2.75) is 0 Å². The van der Waals surface area contributed by atoms with Crippen LogP contribution in [0.25, 0.3) is 0 Å². The average molecular weight is 314 g/mol. The first-order chi connectivity index (χ1) is 11.2. The lowest BCUT2D eigenvalue weighted by Gasteiger charge is -2.21. The van der Waals surface area contributed by atoms with Crippen LogP contribution in [-0.2, 0) is 0 Å². The third-order valence-electron chi connectivity index (χ3n) is 4.45. The lowest BCUT2D eigenvalue weighted by Crippen LogP contribution is -2.34. The Kier molecular flexibility index (Phi) is 3.36. The Morgan fingerprint density at radius 3 is 2.30 bits per heavy atom. The summed E-state index contributed by atoms with van der Waals surface area (Å²) in [5, 5.41) is 0. The van der Waals surface area contributed by atoms with Gasteiger partial charge in [0.2, 0.25) is 5.95 Å². The lowest BCUT2D eigenvalue weighted by molar-refractivity contribution is 0.0776. The summed E-state index contributed by atoms with van der Waals surface area (Å²) >= 11 is 0. The fourth-order valence-corrected chi connectivity index (χ4v) is 3.36. The molecular formula is C15H15FN6O. The molecule has 2 aromatic heterocycles. The molecule has 8 heteroatoms. The summed E-state index contributed by atoms with van der Waals surface area (Å²) in [6.45, 7) is 2.94. The summed E-state index contributed by atoms with van der Waals surface area (Å²) in [7, 11) is 0. The summed E-state index contributed by atoms with van der Waals surface area (Å²) in [5.41, 5.74) is 0.381. The third kappa shape index (κ3) is 2.60. The van der Waals surface area contributed by atoms with Gasteiger partial charge < -0.3 is 9.80 Å². The van der Waals surface area contributed by atoms with Crippen molar-refractivity contribution in [2.75, 3.05) is 31.1 Å². The second-order valence-electron chi connectivity index (χ2n) is 5.93. The van der Waals surface area contributed by atoms with E-state index >= 15 is 0 Å². The van der Waals surface area contributed by atoms with Gasteiger partial charge in [-0.15, -0.1) is 0 Å². The maximum absolute atomic E-state index is 12.9. The first-order valence-electron chi connectivity index (χ1n) is 7.48. The molecule has 0 spiro atoms. The van der Waals surface area contributed by atoms with Crippen molar-refractivity contribution in [3.05, 3.63) is 42.5 Å². The predicted octanol–water partition coefficient (Wildman–Crippen LogP) is 0.614. The molecule has 0 aliphatic carbocycles. The summed E-state index contributed by atoms with van der Waals surface area (Å²) < 4.78 is 12.9. The SMILES string of the molecule is O=C(c1cnccn1)N1C[C@@H]2CN(c3ncc(F)cn3)C[C@@H]2C1. The van der Waals surface area contributed by atoms with Gasteiger partial charge in [-0.1, -0.05) is 0 Å². The average Bonchev–Trinajstić information content (AvgIpc) is 3.14. The fraction of sp³-hybridized carbons (Fsp3) is 0.400. The Morgan fingerprint density at radius 1 is 1.00 bits per heavy atom. The minimum Gasteiger partial charge on any atom is -0.340 e. The Balaban J connectivity index is 1.42. The molecule has 1 amide bonds. The second-order valence-corrected chi connectivity index (χ2v) is 5.93. The van der Waals surface area contributed by atoms with Crippen LogP contribution in [0.5, 0.6) is 0 Å². The Bertz CT molecular complexity index is 696. The van der Waals surface area contributed by atoms with Gasteiger partial charge in [0, 0.05) is 50.4 Å². The van der Waals surface area contributed by atoms with E-state index in [4.69, 9.17) is 0 Å². The number of anilines is 1. The van der Waals surface area contributed by atoms with Crippen molar-refractivity contribution in [3.63, 3.8) is 0 Å². The number of halogens is 1. The number of carbonyl (C=O) groups excluding carboxylic acids is 1. The zero-order valence-electron chi connectivity index (χ0n) is 12.3. The first kappa shape index (κ1) is 14.0. The highest BCUT2D eigenvalue weighted by atomic mass is 19.1. The number of likely N-dealkylation sites (tertiary alicyclic amines) is 1. The molecule has 0 bridgehead atoms. The van der Waals surface area contributed by atoms with Crippen molar-refractivity contribution in [2.24, 2.45) is 11.8 Å². The highest BCUT2D eigenvalue weighted by Crippen LogP contribution is 2.33. The van der Waals surface area contributed by atoms with Gasteiger partial charge in [0.05, 0.1) is 18.6 Å². The van der Waals surface area contributed by atoms with Crippen LogP contribution in [0.3, 0.4) is 0 Å². The molecule has 2 aromatic rings. The van der Waals surface area contributed by atoms with Crippen LogP contribution in [-0.4, -0.2) is 56.9 Å². The van der Waals surface area contributed by atoms with E-state index in [1.54, 1.807) is 6.20 Å². The van der Waals surface area contributed by atoms with Gasteiger partial charge in [0.25, 0.3) is 5.91 Å². The number of rotatable bonds is 2. The Hall–Kier alpha value is -2.64. The summed E-state index contributed by atoms with van der Waals surface area (Å²) in [5.74, 6) is 0.798. The van der Waals surface area contributed by atoms with Crippen LogP contribution in [0.4, 0.5) is 10.3 Å². The maximum atomic E-state index is 12.9. The number of aromatic nitrogens is 4. The number of nitrogens with zero attached hydrogens (tertiary/aromatic N) is 6. The molecule has 4 rings (SSSR count). The molecule has 0 N–H and O–H groups in total. The van der Waals surface area contributed by atoms with Crippen LogP contribution in [0.2, 0.25) is 0 Å². The van der Waals surface area contributed by atoms with Gasteiger partial charge in [-0.3, -0.25) is 9.78 Å². The minimum atomic E-state index is -0.436. The molecular weight excluding hydrogens is 299 g/mol. The van der Waals surface area contributed by atoms with E-state index in [1.165, 1.54) is 24.8 Å². The normalized spacial score (nSPS) is 23.2. The lowest BCUT2D eigenvalue weighted by atomic mass is 10.0. The molecule has 2 saturated heterocycles. The maximum Gasteiger partial charge on any atom is 0.274 e. The van der Waals surface area contributed by atoms with Crippen molar-refractivity contribution < 1.29 is 9.18 Å². The minimum absolute atomic E-state index is 0.0721. The van der Waals surface area contributed by atoms with Crippen LogP contribution < -0.4 is 4.90 Å². The van der Waals surface area contributed by atoms with Gasteiger partial charge in [0.15, 0.2) is 5.82 Å². The van der Waals surface area contributed by atoms with E-state index in [0.717, 1.165) is 13.1 Å². The molecule has 0 aromatic carbocycles. The van der Waals surface area contributed by atoms with E-state index in [9.17, 15) is 9.18 Å². The van der Waals surface area contributed by atoms with E-state index < -0.39 is 5.82 Å². The number of hydrogen-bond donors (Lipinski definition) is 0. The highest BCUT2D eigenvalue weighted by molar-refractivity contribution is 5.92. The number of fused-ring (bicyclic) bond motifs is 1. The second kappa shape index (κ2) is 5.53. The van der Waals surface area contributed by atoms with E-state index in [2.05, 4.69) is 24.8 Å².